The Hall–Kier alpha value is -1.33. The molecule has 0 spiro atoms. The number of hydrogen-bond donors (Lipinski definition) is 1. The highest BCUT2D eigenvalue weighted by Crippen LogP contribution is 2.42. The van der Waals surface area contributed by atoms with Crippen molar-refractivity contribution in [2.45, 2.75) is 31.5 Å². The van der Waals surface area contributed by atoms with E-state index in [4.69, 9.17) is 5.73 Å². The molecule has 0 amide bonds. The minimum atomic E-state index is -4.60. The van der Waals surface area contributed by atoms with Crippen LogP contribution < -0.4 is 5.73 Å². The van der Waals surface area contributed by atoms with Crippen molar-refractivity contribution in [3.05, 3.63) is 69.7 Å². The summed E-state index contributed by atoms with van der Waals surface area (Å²) in [7, 11) is 0. The van der Waals surface area contributed by atoms with Crippen molar-refractivity contribution in [3.8, 4) is 0 Å². The molecule has 1 nitrogen and oxygen atoms in total. The summed E-state index contributed by atoms with van der Waals surface area (Å²) >= 11 is 3.22. The number of rotatable bonds is 3. The number of nitrogens with two attached hydrogens (primary N) is 1. The van der Waals surface area contributed by atoms with Crippen molar-refractivity contribution in [2.75, 3.05) is 0 Å². The fraction of sp³-hybridized carbons (Fsp3) is 0.294. The zero-order valence-corrected chi connectivity index (χ0v) is 13.9. The van der Waals surface area contributed by atoms with Gasteiger partial charge in [-0.1, -0.05) is 66.2 Å². The van der Waals surface area contributed by atoms with Gasteiger partial charge in [-0.25, -0.2) is 0 Å². The minimum absolute atomic E-state index is 0.0143. The second-order valence-electron chi connectivity index (χ2n) is 5.59. The van der Waals surface area contributed by atoms with Gasteiger partial charge in [0, 0.05) is 4.47 Å². The molecule has 2 aromatic carbocycles. The summed E-state index contributed by atoms with van der Waals surface area (Å²) in [6, 6.07) is 12.2. The summed E-state index contributed by atoms with van der Waals surface area (Å²) < 4.78 is 41.8. The van der Waals surface area contributed by atoms with Crippen LogP contribution in [0.2, 0.25) is 0 Å². The van der Waals surface area contributed by atoms with E-state index in [-0.39, 0.29) is 17.0 Å². The van der Waals surface area contributed by atoms with Gasteiger partial charge in [-0.05, 0) is 34.7 Å². The second kappa shape index (κ2) is 6.05. The first kappa shape index (κ1) is 17.0. The van der Waals surface area contributed by atoms with Crippen molar-refractivity contribution in [2.24, 2.45) is 5.73 Å². The molecular formula is C17H17BrF3N. The lowest BCUT2D eigenvalue weighted by Crippen LogP contribution is -2.51. The molecule has 0 heterocycles. The van der Waals surface area contributed by atoms with E-state index < -0.39 is 11.7 Å². The van der Waals surface area contributed by atoms with Gasteiger partial charge in [0.2, 0.25) is 0 Å². The van der Waals surface area contributed by atoms with Crippen LogP contribution in [0.1, 0.15) is 36.5 Å². The van der Waals surface area contributed by atoms with E-state index in [1.807, 2.05) is 13.8 Å². The predicted molar refractivity (Wildman–Crippen MR) is 85.7 cm³/mol. The van der Waals surface area contributed by atoms with Crippen LogP contribution >= 0.6 is 15.9 Å². The first-order valence-electron chi connectivity index (χ1n) is 6.88. The lowest BCUT2D eigenvalue weighted by atomic mass is 9.82. The van der Waals surface area contributed by atoms with Crippen molar-refractivity contribution in [1.29, 1.82) is 0 Å². The lowest BCUT2D eigenvalue weighted by molar-refractivity contribution is -0.176. The Morgan fingerprint density at radius 3 is 1.64 bits per heavy atom. The largest absolute Gasteiger partial charge is 0.414 e. The number of benzene rings is 2. The molecule has 0 aromatic heterocycles. The molecule has 0 aliphatic heterocycles. The molecule has 2 N–H and O–H groups in total. The summed E-state index contributed by atoms with van der Waals surface area (Å²) in [5, 5.41) is 0. The lowest BCUT2D eigenvalue weighted by Gasteiger charge is -2.33. The van der Waals surface area contributed by atoms with Crippen molar-refractivity contribution in [3.63, 3.8) is 0 Å². The SMILES string of the molecule is CC(C)c1ccc(C(N)(c2ccc(Br)cc2)C(F)(F)F)cc1. The number of hydrogen-bond acceptors (Lipinski definition) is 1. The maximum atomic E-state index is 13.7. The van der Waals surface area contributed by atoms with Crippen LogP contribution in [0.4, 0.5) is 13.2 Å². The molecule has 0 aliphatic rings. The molecule has 2 rings (SSSR count). The van der Waals surface area contributed by atoms with Gasteiger partial charge in [-0.3, -0.25) is 0 Å². The van der Waals surface area contributed by atoms with Crippen LogP contribution in [0.5, 0.6) is 0 Å². The van der Waals surface area contributed by atoms with Gasteiger partial charge in [0.25, 0.3) is 0 Å². The Bertz CT molecular complexity index is 632. The smallest absolute Gasteiger partial charge is 0.310 e. The van der Waals surface area contributed by atoms with Crippen LogP contribution in [0.25, 0.3) is 0 Å². The first-order chi connectivity index (χ1) is 10.2. The quantitative estimate of drug-likeness (QED) is 0.774. The number of alkyl halides is 3. The second-order valence-corrected chi connectivity index (χ2v) is 6.51. The highest BCUT2D eigenvalue weighted by Gasteiger charge is 2.54. The van der Waals surface area contributed by atoms with Gasteiger partial charge in [0.05, 0.1) is 0 Å². The topological polar surface area (TPSA) is 26.0 Å². The zero-order chi connectivity index (χ0) is 16.5. The Kier molecular flexibility index (Phi) is 4.68. The van der Waals surface area contributed by atoms with Crippen LogP contribution in [0.15, 0.2) is 53.0 Å². The van der Waals surface area contributed by atoms with Crippen molar-refractivity contribution < 1.29 is 13.2 Å². The van der Waals surface area contributed by atoms with E-state index in [0.29, 0.717) is 4.47 Å². The molecule has 0 saturated carbocycles. The molecule has 1 unspecified atom stereocenters. The number of halogens is 4. The van der Waals surface area contributed by atoms with Gasteiger partial charge in [0.15, 0.2) is 5.54 Å². The van der Waals surface area contributed by atoms with E-state index in [0.717, 1.165) is 5.56 Å². The third-order valence-corrected chi connectivity index (χ3v) is 4.31. The average molecular weight is 372 g/mol. The molecular weight excluding hydrogens is 355 g/mol. The summed E-state index contributed by atoms with van der Waals surface area (Å²) in [5.74, 6) is 0.250. The maximum absolute atomic E-state index is 13.7. The molecule has 118 valence electrons. The third kappa shape index (κ3) is 3.06. The molecule has 1 atom stereocenters. The summed E-state index contributed by atoms with van der Waals surface area (Å²) in [6.07, 6.45) is -4.60. The average Bonchev–Trinajstić information content (AvgIpc) is 2.46. The van der Waals surface area contributed by atoms with Crippen molar-refractivity contribution >= 4 is 15.9 Å². The van der Waals surface area contributed by atoms with E-state index >= 15 is 0 Å². The normalized spacial score (nSPS) is 14.9. The van der Waals surface area contributed by atoms with Crippen LogP contribution in [-0.4, -0.2) is 6.18 Å². The van der Waals surface area contributed by atoms with Crippen LogP contribution in [0.3, 0.4) is 0 Å². The fourth-order valence-corrected chi connectivity index (χ4v) is 2.60. The van der Waals surface area contributed by atoms with E-state index in [1.54, 1.807) is 24.3 Å². The molecule has 22 heavy (non-hydrogen) atoms. The minimum Gasteiger partial charge on any atom is -0.310 e. The summed E-state index contributed by atoms with van der Waals surface area (Å²) in [6.45, 7) is 3.98. The van der Waals surface area contributed by atoms with Gasteiger partial charge >= 0.3 is 6.18 Å². The summed E-state index contributed by atoms with van der Waals surface area (Å²) in [4.78, 5) is 0. The highest BCUT2D eigenvalue weighted by molar-refractivity contribution is 9.10. The fourth-order valence-electron chi connectivity index (χ4n) is 2.34. The summed E-state index contributed by atoms with van der Waals surface area (Å²) in [5.41, 5.74) is 4.35. The van der Waals surface area contributed by atoms with Crippen LogP contribution in [-0.2, 0) is 5.54 Å². The highest BCUT2D eigenvalue weighted by atomic mass is 79.9. The Morgan fingerprint density at radius 1 is 0.864 bits per heavy atom. The molecule has 0 saturated heterocycles. The van der Waals surface area contributed by atoms with Crippen LogP contribution in [0, 0.1) is 0 Å². The van der Waals surface area contributed by atoms with Crippen molar-refractivity contribution in [1.82, 2.24) is 0 Å². The third-order valence-electron chi connectivity index (χ3n) is 3.78. The Morgan fingerprint density at radius 2 is 1.27 bits per heavy atom. The predicted octanol–water partition coefficient (Wildman–Crippen LogP) is 5.34. The standard InChI is InChI=1S/C17H17BrF3N/c1-11(2)12-3-5-13(6-4-12)16(22,17(19,20)21)14-7-9-15(18)10-8-14/h3-11H,22H2,1-2H3. The molecule has 0 bridgehead atoms. The first-order valence-corrected chi connectivity index (χ1v) is 7.67. The molecule has 0 radical (unpaired) electrons. The molecule has 5 heteroatoms. The Labute approximate surface area is 136 Å². The van der Waals surface area contributed by atoms with E-state index in [9.17, 15) is 13.2 Å². The van der Waals surface area contributed by atoms with Gasteiger partial charge in [-0.15, -0.1) is 0 Å². The zero-order valence-electron chi connectivity index (χ0n) is 12.3. The molecule has 2 aromatic rings. The van der Waals surface area contributed by atoms with Gasteiger partial charge < -0.3 is 5.73 Å². The Balaban J connectivity index is 2.57. The van der Waals surface area contributed by atoms with E-state index in [2.05, 4.69) is 15.9 Å². The monoisotopic (exact) mass is 371 g/mol. The molecule has 0 fully saturated rings. The van der Waals surface area contributed by atoms with E-state index in [1.165, 1.54) is 24.3 Å². The molecule has 0 aliphatic carbocycles. The maximum Gasteiger partial charge on any atom is 0.414 e. The van der Waals surface area contributed by atoms with Gasteiger partial charge in [0.1, 0.15) is 0 Å². The van der Waals surface area contributed by atoms with Gasteiger partial charge in [-0.2, -0.15) is 13.2 Å².